The summed E-state index contributed by atoms with van der Waals surface area (Å²) < 4.78 is 11.4. The molecular formula is C28H32N8O. The number of anilines is 1. The van der Waals surface area contributed by atoms with E-state index in [0.29, 0.717) is 11.7 Å². The second kappa shape index (κ2) is 9.48. The van der Waals surface area contributed by atoms with Gasteiger partial charge in [-0.3, -0.25) is 4.68 Å². The van der Waals surface area contributed by atoms with Gasteiger partial charge in [0.15, 0.2) is 11.6 Å². The highest BCUT2D eigenvalue weighted by Gasteiger charge is 2.29. The first-order valence-corrected chi connectivity index (χ1v) is 12.8. The van der Waals surface area contributed by atoms with E-state index < -0.39 is 0 Å². The standard InChI is InChI=1S/C28H32N8O/c1-19(2)35-14-11-23(31-35)22-17-36-25(24(22)21-8-6-5-7-9-21)27(34-13-10-20(16-34)18-37-4)30-26(32-36)28-29-12-15-33(28)3/h5-9,11-12,14-15,17,19-20H,10,13,16,18H2,1-4H3. The Balaban J connectivity index is 1.62. The van der Waals surface area contributed by atoms with Crippen molar-refractivity contribution < 1.29 is 4.74 Å². The summed E-state index contributed by atoms with van der Waals surface area (Å²) in [6.45, 7) is 6.82. The predicted molar refractivity (Wildman–Crippen MR) is 144 cm³/mol. The van der Waals surface area contributed by atoms with Crippen LogP contribution < -0.4 is 4.90 Å². The van der Waals surface area contributed by atoms with Crippen molar-refractivity contribution >= 4 is 11.3 Å². The molecule has 1 fully saturated rings. The molecule has 0 spiro atoms. The molecular weight excluding hydrogens is 464 g/mol. The molecule has 9 heteroatoms. The van der Waals surface area contributed by atoms with Crippen molar-refractivity contribution in [1.29, 1.82) is 0 Å². The number of ether oxygens (including phenoxy) is 1. The number of benzene rings is 1. The Bertz CT molecular complexity index is 1530. The van der Waals surface area contributed by atoms with Crippen molar-refractivity contribution in [3.8, 4) is 34.0 Å². The van der Waals surface area contributed by atoms with E-state index in [1.165, 1.54) is 0 Å². The first kappa shape index (κ1) is 23.4. The lowest BCUT2D eigenvalue weighted by Gasteiger charge is -2.20. The van der Waals surface area contributed by atoms with Crippen LogP contribution in [-0.2, 0) is 11.8 Å². The highest BCUT2D eigenvalue weighted by atomic mass is 16.5. The number of rotatable bonds is 7. The van der Waals surface area contributed by atoms with Crippen LogP contribution in [0.5, 0.6) is 0 Å². The van der Waals surface area contributed by atoms with Gasteiger partial charge < -0.3 is 14.2 Å². The van der Waals surface area contributed by atoms with E-state index in [2.05, 4.69) is 60.3 Å². The summed E-state index contributed by atoms with van der Waals surface area (Å²) in [4.78, 5) is 12.1. The number of hydrogen-bond acceptors (Lipinski definition) is 6. The predicted octanol–water partition coefficient (Wildman–Crippen LogP) is 4.71. The summed E-state index contributed by atoms with van der Waals surface area (Å²) in [5.41, 5.74) is 5.14. The fraction of sp³-hybridized carbons (Fsp3) is 0.357. The molecule has 5 aromatic rings. The van der Waals surface area contributed by atoms with Crippen LogP contribution in [-0.4, -0.2) is 60.7 Å². The number of nitrogens with zero attached hydrogens (tertiary/aromatic N) is 8. The van der Waals surface area contributed by atoms with E-state index in [4.69, 9.17) is 19.9 Å². The van der Waals surface area contributed by atoms with E-state index in [1.54, 1.807) is 13.3 Å². The Kier molecular flexibility index (Phi) is 6.00. The van der Waals surface area contributed by atoms with Gasteiger partial charge >= 0.3 is 0 Å². The molecule has 37 heavy (non-hydrogen) atoms. The average molecular weight is 497 g/mol. The second-order valence-corrected chi connectivity index (χ2v) is 10.0. The largest absolute Gasteiger partial charge is 0.384 e. The lowest BCUT2D eigenvalue weighted by Crippen LogP contribution is -2.23. The van der Waals surface area contributed by atoms with E-state index >= 15 is 0 Å². The van der Waals surface area contributed by atoms with Gasteiger partial charge in [-0.25, -0.2) is 14.5 Å². The maximum atomic E-state index is 5.48. The van der Waals surface area contributed by atoms with E-state index in [-0.39, 0.29) is 6.04 Å². The summed E-state index contributed by atoms with van der Waals surface area (Å²) >= 11 is 0. The molecule has 4 aromatic heterocycles. The topological polar surface area (TPSA) is 78.3 Å². The summed E-state index contributed by atoms with van der Waals surface area (Å²) in [5, 5.41) is 9.90. The molecule has 0 amide bonds. The quantitative estimate of drug-likeness (QED) is 0.325. The van der Waals surface area contributed by atoms with Crippen molar-refractivity contribution in [3.63, 3.8) is 0 Å². The second-order valence-electron chi connectivity index (χ2n) is 10.0. The van der Waals surface area contributed by atoms with Gasteiger partial charge in [-0.15, -0.1) is 5.10 Å². The third-order valence-corrected chi connectivity index (χ3v) is 7.10. The zero-order valence-electron chi connectivity index (χ0n) is 21.7. The maximum absolute atomic E-state index is 5.48. The van der Waals surface area contributed by atoms with Gasteiger partial charge in [0.25, 0.3) is 0 Å². The van der Waals surface area contributed by atoms with Crippen molar-refractivity contribution in [2.75, 3.05) is 31.7 Å². The minimum atomic E-state index is 0.277. The number of hydrogen-bond donors (Lipinski definition) is 0. The molecule has 0 bridgehead atoms. The maximum Gasteiger partial charge on any atom is 0.218 e. The van der Waals surface area contributed by atoms with Crippen LogP contribution in [0, 0.1) is 5.92 Å². The zero-order chi connectivity index (χ0) is 25.5. The van der Waals surface area contributed by atoms with Crippen LogP contribution in [0.25, 0.3) is 39.5 Å². The molecule has 0 radical (unpaired) electrons. The fourth-order valence-electron chi connectivity index (χ4n) is 5.22. The van der Waals surface area contributed by atoms with Crippen molar-refractivity contribution in [2.24, 2.45) is 13.0 Å². The fourth-order valence-corrected chi connectivity index (χ4v) is 5.22. The highest BCUT2D eigenvalue weighted by Crippen LogP contribution is 2.41. The molecule has 0 N–H and O–H groups in total. The van der Waals surface area contributed by atoms with Gasteiger partial charge in [0, 0.05) is 75.1 Å². The van der Waals surface area contributed by atoms with E-state index in [9.17, 15) is 0 Å². The third kappa shape index (κ3) is 4.19. The Morgan fingerprint density at radius 2 is 1.92 bits per heavy atom. The molecule has 0 saturated carbocycles. The number of methoxy groups -OCH3 is 1. The lowest BCUT2D eigenvalue weighted by molar-refractivity contribution is 0.161. The average Bonchev–Trinajstić information content (AvgIpc) is 3.69. The molecule has 0 aliphatic carbocycles. The molecule has 190 valence electrons. The molecule has 5 heterocycles. The summed E-state index contributed by atoms with van der Waals surface area (Å²) in [5.74, 6) is 2.71. The van der Waals surface area contributed by atoms with Crippen LogP contribution in [0.1, 0.15) is 26.3 Å². The molecule has 1 aliphatic rings. The smallest absolute Gasteiger partial charge is 0.218 e. The zero-order valence-corrected chi connectivity index (χ0v) is 21.7. The van der Waals surface area contributed by atoms with E-state index in [0.717, 1.165) is 65.7 Å². The Hall–Kier alpha value is -3.98. The van der Waals surface area contributed by atoms with Gasteiger partial charge in [0.1, 0.15) is 5.52 Å². The van der Waals surface area contributed by atoms with Gasteiger partial charge in [0.05, 0.1) is 12.3 Å². The van der Waals surface area contributed by atoms with E-state index in [1.807, 2.05) is 39.3 Å². The highest BCUT2D eigenvalue weighted by molar-refractivity contribution is 5.98. The van der Waals surface area contributed by atoms with Gasteiger partial charge in [0.2, 0.25) is 5.82 Å². The molecule has 1 aliphatic heterocycles. The summed E-state index contributed by atoms with van der Waals surface area (Å²) in [6, 6.07) is 12.8. The van der Waals surface area contributed by atoms with Crippen LogP contribution in [0.2, 0.25) is 0 Å². The van der Waals surface area contributed by atoms with Gasteiger partial charge in [-0.05, 0) is 31.9 Å². The van der Waals surface area contributed by atoms with Crippen LogP contribution in [0.4, 0.5) is 5.82 Å². The molecule has 1 unspecified atom stereocenters. The molecule has 6 rings (SSSR count). The Morgan fingerprint density at radius 1 is 1.08 bits per heavy atom. The van der Waals surface area contributed by atoms with Crippen LogP contribution >= 0.6 is 0 Å². The number of imidazole rings is 1. The molecule has 1 atom stereocenters. The van der Waals surface area contributed by atoms with Crippen LogP contribution in [0.15, 0.2) is 61.2 Å². The Labute approximate surface area is 216 Å². The Morgan fingerprint density at radius 3 is 2.62 bits per heavy atom. The number of fused-ring (bicyclic) bond motifs is 1. The number of aromatic nitrogens is 7. The minimum Gasteiger partial charge on any atom is -0.384 e. The molecule has 1 saturated heterocycles. The monoisotopic (exact) mass is 496 g/mol. The first-order chi connectivity index (χ1) is 18.0. The summed E-state index contributed by atoms with van der Waals surface area (Å²) in [7, 11) is 3.74. The van der Waals surface area contributed by atoms with Crippen molar-refractivity contribution in [3.05, 3.63) is 61.2 Å². The van der Waals surface area contributed by atoms with Crippen molar-refractivity contribution in [1.82, 2.24) is 33.9 Å². The van der Waals surface area contributed by atoms with Crippen molar-refractivity contribution in [2.45, 2.75) is 26.3 Å². The normalized spacial score (nSPS) is 15.9. The van der Waals surface area contributed by atoms with Gasteiger partial charge in [-0.2, -0.15) is 5.10 Å². The first-order valence-electron chi connectivity index (χ1n) is 12.8. The molecule has 1 aromatic carbocycles. The number of aryl methyl sites for hydroxylation is 1. The SMILES string of the molecule is COCC1CCN(c2nc(-c3nccn3C)nn3cc(-c4ccn(C(C)C)n4)c(-c4ccccc4)c23)C1. The lowest BCUT2D eigenvalue weighted by atomic mass is 10.0. The third-order valence-electron chi connectivity index (χ3n) is 7.10. The van der Waals surface area contributed by atoms with Gasteiger partial charge in [-0.1, -0.05) is 30.3 Å². The van der Waals surface area contributed by atoms with Crippen LogP contribution in [0.3, 0.4) is 0 Å². The molecule has 9 nitrogen and oxygen atoms in total. The summed E-state index contributed by atoms with van der Waals surface area (Å²) in [6.07, 6.45) is 8.89. The minimum absolute atomic E-state index is 0.277.